The molecule has 0 aromatic rings. The Morgan fingerprint density at radius 1 is 1.13 bits per heavy atom. The van der Waals surface area contributed by atoms with Crippen LogP contribution in [0.5, 0.6) is 0 Å². The summed E-state index contributed by atoms with van der Waals surface area (Å²) in [6.45, 7) is 0.401. The number of halogens is 3. The maximum atomic E-state index is 11.7. The molecule has 6 heteroatoms. The van der Waals surface area contributed by atoms with Gasteiger partial charge >= 0.3 is 12.1 Å². The number of unbranched alkanes of at least 4 members (excludes halogenated alkanes) is 1. The van der Waals surface area contributed by atoms with Crippen LogP contribution in [0.25, 0.3) is 0 Å². The van der Waals surface area contributed by atoms with Crippen molar-refractivity contribution in [3.05, 3.63) is 0 Å². The molecule has 0 bridgehead atoms. The molecule has 0 aliphatic heterocycles. The van der Waals surface area contributed by atoms with E-state index < -0.39 is 18.6 Å². The van der Waals surface area contributed by atoms with Crippen LogP contribution in [0.4, 0.5) is 13.2 Å². The Bertz CT molecular complexity index is 180. The van der Waals surface area contributed by atoms with Crippen LogP contribution in [0.2, 0.25) is 0 Å². The number of rotatable bonds is 8. The van der Waals surface area contributed by atoms with Gasteiger partial charge in [-0.2, -0.15) is 13.2 Å². The second-order valence-electron chi connectivity index (χ2n) is 3.18. The average Bonchev–Trinajstić information content (AvgIpc) is 2.07. The number of hydrogen-bond acceptors (Lipinski definition) is 2. The van der Waals surface area contributed by atoms with E-state index in [0.717, 1.165) is 0 Å². The molecule has 0 aliphatic rings. The van der Waals surface area contributed by atoms with Gasteiger partial charge in [-0.05, 0) is 19.3 Å². The zero-order valence-electron chi connectivity index (χ0n) is 8.35. The largest absolute Gasteiger partial charge is 0.481 e. The fraction of sp³-hybridized carbons (Fsp3) is 0.889. The molecule has 0 saturated carbocycles. The van der Waals surface area contributed by atoms with Gasteiger partial charge in [-0.25, -0.2) is 0 Å². The predicted octanol–water partition coefficient (Wildman–Crippen LogP) is 2.60. The standard InChI is InChI=1S/C9H15F3O3/c10-9(11,12)5-3-7-15-6-2-1-4-8(13)14/h1-7H2,(H,13,14). The van der Waals surface area contributed by atoms with Gasteiger partial charge in [0.1, 0.15) is 0 Å². The molecular formula is C9H15F3O3. The second kappa shape index (κ2) is 7.50. The SMILES string of the molecule is O=C(O)CCCCOCCCC(F)(F)F. The molecule has 1 N–H and O–H groups in total. The van der Waals surface area contributed by atoms with Crippen LogP contribution in [-0.2, 0) is 9.53 Å². The number of aliphatic carboxylic acids is 1. The zero-order chi connectivity index (χ0) is 11.7. The summed E-state index contributed by atoms with van der Waals surface area (Å²) in [5.74, 6) is -0.868. The molecule has 0 aromatic carbocycles. The summed E-state index contributed by atoms with van der Waals surface area (Å²) in [6, 6.07) is 0. The molecule has 0 unspecified atom stereocenters. The van der Waals surface area contributed by atoms with Crippen LogP contribution < -0.4 is 0 Å². The molecule has 90 valence electrons. The van der Waals surface area contributed by atoms with Crippen LogP contribution in [0.1, 0.15) is 32.1 Å². The van der Waals surface area contributed by atoms with Gasteiger partial charge in [0, 0.05) is 26.1 Å². The number of hydrogen-bond donors (Lipinski definition) is 1. The van der Waals surface area contributed by atoms with E-state index in [2.05, 4.69) is 0 Å². The molecule has 3 nitrogen and oxygen atoms in total. The van der Waals surface area contributed by atoms with Crippen molar-refractivity contribution >= 4 is 5.97 Å². The van der Waals surface area contributed by atoms with Crippen LogP contribution >= 0.6 is 0 Å². The molecule has 0 fully saturated rings. The van der Waals surface area contributed by atoms with Crippen molar-refractivity contribution in [1.29, 1.82) is 0 Å². The first-order valence-corrected chi connectivity index (χ1v) is 4.78. The van der Waals surface area contributed by atoms with Gasteiger partial charge in [-0.15, -0.1) is 0 Å². The highest BCUT2D eigenvalue weighted by Gasteiger charge is 2.25. The first-order chi connectivity index (χ1) is 6.92. The summed E-state index contributed by atoms with van der Waals surface area (Å²) in [4.78, 5) is 10.1. The van der Waals surface area contributed by atoms with E-state index in [4.69, 9.17) is 9.84 Å². The minimum atomic E-state index is -4.12. The fourth-order valence-electron chi connectivity index (χ4n) is 0.957. The predicted molar refractivity (Wildman–Crippen MR) is 47.6 cm³/mol. The van der Waals surface area contributed by atoms with Gasteiger partial charge in [-0.1, -0.05) is 0 Å². The van der Waals surface area contributed by atoms with Gasteiger partial charge in [0.25, 0.3) is 0 Å². The molecule has 0 heterocycles. The lowest BCUT2D eigenvalue weighted by molar-refractivity contribution is -0.139. The van der Waals surface area contributed by atoms with E-state index in [1.807, 2.05) is 0 Å². The van der Waals surface area contributed by atoms with Gasteiger partial charge in [0.15, 0.2) is 0 Å². The Labute approximate surface area is 86.2 Å². The third-order valence-corrected chi connectivity index (χ3v) is 1.68. The van der Waals surface area contributed by atoms with Crippen molar-refractivity contribution in [1.82, 2.24) is 0 Å². The summed E-state index contributed by atoms with van der Waals surface area (Å²) in [5, 5.41) is 8.28. The molecule has 0 amide bonds. The molecule has 15 heavy (non-hydrogen) atoms. The Morgan fingerprint density at radius 2 is 1.73 bits per heavy atom. The lowest BCUT2D eigenvalue weighted by Crippen LogP contribution is -2.09. The fourth-order valence-corrected chi connectivity index (χ4v) is 0.957. The van der Waals surface area contributed by atoms with E-state index in [9.17, 15) is 18.0 Å². The monoisotopic (exact) mass is 228 g/mol. The molecule has 0 saturated heterocycles. The summed E-state index contributed by atoms with van der Waals surface area (Å²) >= 11 is 0. The Balaban J connectivity index is 3.09. The third kappa shape index (κ3) is 13.2. The molecule has 0 spiro atoms. The van der Waals surface area contributed by atoms with Gasteiger partial charge < -0.3 is 9.84 Å². The highest BCUT2D eigenvalue weighted by Crippen LogP contribution is 2.20. The van der Waals surface area contributed by atoms with E-state index in [1.165, 1.54) is 0 Å². The summed E-state index contributed by atoms with van der Waals surface area (Å²) in [6.07, 6.45) is -3.85. The number of alkyl halides is 3. The molecule has 0 radical (unpaired) electrons. The topological polar surface area (TPSA) is 46.5 Å². The summed E-state index contributed by atoms with van der Waals surface area (Å²) < 4.78 is 39.9. The molecular weight excluding hydrogens is 213 g/mol. The van der Waals surface area contributed by atoms with Crippen molar-refractivity contribution in [3.63, 3.8) is 0 Å². The van der Waals surface area contributed by atoms with Crippen molar-refractivity contribution in [2.24, 2.45) is 0 Å². The number of carbonyl (C=O) groups is 1. The summed E-state index contributed by atoms with van der Waals surface area (Å²) in [7, 11) is 0. The third-order valence-electron chi connectivity index (χ3n) is 1.68. The van der Waals surface area contributed by atoms with E-state index in [1.54, 1.807) is 0 Å². The second-order valence-corrected chi connectivity index (χ2v) is 3.18. The quantitative estimate of drug-likeness (QED) is 0.649. The zero-order valence-corrected chi connectivity index (χ0v) is 8.35. The molecule has 0 aliphatic carbocycles. The number of carboxylic acids is 1. The minimum absolute atomic E-state index is 0.0393. The lowest BCUT2D eigenvalue weighted by atomic mass is 10.2. The molecule has 0 atom stereocenters. The summed E-state index contributed by atoms with van der Waals surface area (Å²) in [5.41, 5.74) is 0. The lowest BCUT2D eigenvalue weighted by Gasteiger charge is -2.06. The van der Waals surface area contributed by atoms with Gasteiger partial charge in [0.05, 0.1) is 0 Å². The van der Waals surface area contributed by atoms with Crippen molar-refractivity contribution in [3.8, 4) is 0 Å². The normalized spacial score (nSPS) is 11.7. The van der Waals surface area contributed by atoms with E-state index in [0.29, 0.717) is 19.4 Å². The minimum Gasteiger partial charge on any atom is -0.481 e. The Hall–Kier alpha value is -0.780. The molecule has 0 rings (SSSR count). The van der Waals surface area contributed by atoms with E-state index in [-0.39, 0.29) is 19.4 Å². The highest BCUT2D eigenvalue weighted by atomic mass is 19.4. The maximum absolute atomic E-state index is 11.7. The molecule has 0 aromatic heterocycles. The van der Waals surface area contributed by atoms with E-state index >= 15 is 0 Å². The van der Waals surface area contributed by atoms with Crippen molar-refractivity contribution < 1.29 is 27.8 Å². The van der Waals surface area contributed by atoms with Gasteiger partial charge in [0.2, 0.25) is 0 Å². The highest BCUT2D eigenvalue weighted by molar-refractivity contribution is 5.66. The van der Waals surface area contributed by atoms with Crippen LogP contribution in [0.15, 0.2) is 0 Å². The smallest absolute Gasteiger partial charge is 0.389 e. The van der Waals surface area contributed by atoms with Crippen LogP contribution in [0, 0.1) is 0 Å². The number of ether oxygens (including phenoxy) is 1. The number of carboxylic acid groups (broad SMARTS) is 1. The Morgan fingerprint density at radius 3 is 2.27 bits per heavy atom. The average molecular weight is 228 g/mol. The van der Waals surface area contributed by atoms with Crippen LogP contribution in [0.3, 0.4) is 0 Å². The van der Waals surface area contributed by atoms with Crippen LogP contribution in [-0.4, -0.2) is 30.5 Å². The van der Waals surface area contributed by atoms with Crippen molar-refractivity contribution in [2.45, 2.75) is 38.3 Å². The Kier molecular flexibility index (Phi) is 7.11. The first-order valence-electron chi connectivity index (χ1n) is 4.78. The van der Waals surface area contributed by atoms with Crippen molar-refractivity contribution in [2.75, 3.05) is 13.2 Å². The van der Waals surface area contributed by atoms with Gasteiger partial charge in [-0.3, -0.25) is 4.79 Å². The maximum Gasteiger partial charge on any atom is 0.389 e. The first kappa shape index (κ1) is 14.2.